The number of phosphoric acid groups is 2. The number of hydrogen-bond acceptors (Lipinski definition) is 16. The number of nitrogens with two attached hydrogens (primary N) is 1. The number of rotatable bonds is 43. The van der Waals surface area contributed by atoms with Gasteiger partial charge in [-0.25, -0.2) is 13.9 Å². The van der Waals surface area contributed by atoms with E-state index in [1.54, 1.807) is 18.2 Å². The third-order valence-corrected chi connectivity index (χ3v) is 14.5. The summed E-state index contributed by atoms with van der Waals surface area (Å²) in [6, 6.07) is 1.24. The number of phosphoric ester groups is 2. The summed E-state index contributed by atoms with van der Waals surface area (Å²) in [5, 5.41) is 31.1. The quantitative estimate of drug-likeness (QED) is 0.0117. The van der Waals surface area contributed by atoms with Crippen LogP contribution in [0.1, 0.15) is 188 Å². The number of ether oxygens (including phenoxy) is 3. The average molecular weight is 1070 g/mol. The zero-order valence-electron chi connectivity index (χ0n) is 43.7. The Morgan fingerprint density at radius 3 is 2.01 bits per heavy atom. The van der Waals surface area contributed by atoms with Crippen LogP contribution in [0.5, 0.6) is 0 Å². The third-order valence-electron chi connectivity index (χ3n) is 11.9. The van der Waals surface area contributed by atoms with Gasteiger partial charge in [0.1, 0.15) is 30.7 Å². The number of aliphatic hydroxyl groups is 3. The molecule has 8 atom stereocenters. The summed E-state index contributed by atoms with van der Waals surface area (Å²) in [4.78, 5) is 62.0. The van der Waals surface area contributed by atoms with Crippen LogP contribution in [0.15, 0.2) is 65.7 Å². The van der Waals surface area contributed by atoms with Crippen LogP contribution in [0.3, 0.4) is 0 Å². The van der Waals surface area contributed by atoms with E-state index in [1.165, 1.54) is 89.5 Å². The largest absolute Gasteiger partial charge is 0.481 e. The van der Waals surface area contributed by atoms with Gasteiger partial charge in [-0.15, -0.1) is 0 Å². The number of unbranched alkanes of at least 4 members (excludes halogenated alkanes) is 17. The van der Waals surface area contributed by atoms with Gasteiger partial charge in [0.25, 0.3) is 0 Å². The van der Waals surface area contributed by atoms with Crippen LogP contribution in [0, 0.1) is 5.92 Å². The minimum atomic E-state index is -5.46. The maximum absolute atomic E-state index is 12.9. The molecule has 19 nitrogen and oxygen atoms in total. The minimum absolute atomic E-state index is 0.0846. The summed E-state index contributed by atoms with van der Waals surface area (Å²) in [6.45, 7) is 4.32. The monoisotopic (exact) mass is 1070 g/mol. The van der Waals surface area contributed by atoms with E-state index in [0.29, 0.717) is 25.7 Å². The van der Waals surface area contributed by atoms with Crippen molar-refractivity contribution in [3.63, 3.8) is 0 Å². The Labute approximate surface area is 433 Å². The van der Waals surface area contributed by atoms with Crippen molar-refractivity contribution >= 4 is 33.4 Å². The van der Waals surface area contributed by atoms with E-state index in [0.717, 1.165) is 55.2 Å². The molecule has 1 aliphatic rings. The van der Waals surface area contributed by atoms with Crippen LogP contribution < -0.4 is 11.4 Å². The molecule has 0 amide bonds. The van der Waals surface area contributed by atoms with Gasteiger partial charge in [0.05, 0.1) is 19.3 Å². The first-order valence-electron chi connectivity index (χ1n) is 26.6. The first kappa shape index (κ1) is 65.8. The van der Waals surface area contributed by atoms with Crippen molar-refractivity contribution in [3.05, 3.63) is 71.4 Å². The fraction of sp³-hybridized carbons (Fsp3) is 0.731. The van der Waals surface area contributed by atoms with Gasteiger partial charge in [0.2, 0.25) is 0 Å². The number of nitrogens with zero attached hydrogens (tertiary/aromatic N) is 2. The van der Waals surface area contributed by atoms with Crippen LogP contribution in [-0.4, -0.2) is 96.9 Å². The Morgan fingerprint density at radius 2 is 1.37 bits per heavy atom. The van der Waals surface area contributed by atoms with Crippen molar-refractivity contribution < 1.29 is 71.4 Å². The molecule has 0 bridgehead atoms. The molecule has 0 aliphatic carbocycles. The lowest BCUT2D eigenvalue weighted by atomic mass is 10.0. The molecule has 1 fully saturated rings. The molecule has 73 heavy (non-hydrogen) atoms. The summed E-state index contributed by atoms with van der Waals surface area (Å²) >= 11 is 0. The lowest BCUT2D eigenvalue weighted by molar-refractivity contribution is -0.161. The van der Waals surface area contributed by atoms with Crippen LogP contribution in [0.2, 0.25) is 0 Å². The lowest BCUT2D eigenvalue weighted by Crippen LogP contribution is -2.36. The number of aliphatic hydroxyl groups excluding tert-OH is 3. The average Bonchev–Trinajstić information content (AvgIpc) is 3.61. The van der Waals surface area contributed by atoms with Crippen molar-refractivity contribution in [1.29, 1.82) is 0 Å². The Hall–Kier alpha value is -3.32. The zero-order valence-corrected chi connectivity index (χ0v) is 45.5. The SMILES string of the molecule is CCCCC/C=C\C/C=C\CC(O)/C=C\C=C\CCCC(=O)O[C@H](COC(=O)CCCCCCCCCCCCCCCCC(C)C)COP(=O)(O)OP(=O)(O)OC[C@H]1O[C@@H](n2ccc(N)nc2=O)[C@H](O)[C@@H]1O. The van der Waals surface area contributed by atoms with Crippen LogP contribution in [0.25, 0.3) is 0 Å². The summed E-state index contributed by atoms with van der Waals surface area (Å²) in [5.41, 5.74) is 4.58. The van der Waals surface area contributed by atoms with Crippen LogP contribution >= 0.6 is 15.6 Å². The Kier molecular flexibility index (Phi) is 35.3. The molecule has 0 saturated carbocycles. The third kappa shape index (κ3) is 32.7. The Bertz CT molecular complexity index is 1940. The molecule has 2 rings (SSSR count). The second kappa shape index (κ2) is 39.1. The highest BCUT2D eigenvalue weighted by Crippen LogP contribution is 2.60. The van der Waals surface area contributed by atoms with Crippen molar-refractivity contribution in [2.75, 3.05) is 25.6 Å². The Balaban J connectivity index is 1.83. The topological polar surface area (TPSA) is 286 Å². The standard InChI is InChI=1S/C52H89N3O16P2/c1-4-5-6-7-8-15-19-23-28-33-43(56)34-29-24-21-26-31-36-48(58)69-44(39-66-47(57)35-30-25-20-17-14-12-10-9-11-13-16-18-22-27-32-42(2)3)40-67-72(62,63)71-73(64,65)68-41-45-49(59)50(60)51(70-45)55-38-37-46(53)54-52(55)61/h8,15,21,23-24,28-29,34,37-38,42-45,49-51,56,59-60H,4-7,9-14,16-20,22,25-27,30-33,35-36,39-41H2,1-3H3,(H,62,63)(H,64,65)(H2,53,54,61)/b15-8-,24-21+,28-23-,34-29-/t43?,44-,45-,49-,50-,51-/m1/s1. The van der Waals surface area contributed by atoms with E-state index in [9.17, 15) is 48.6 Å². The lowest BCUT2D eigenvalue weighted by Gasteiger charge is -2.21. The summed E-state index contributed by atoms with van der Waals surface area (Å²) < 4.78 is 56.7. The smallest absolute Gasteiger partial charge is 0.462 e. The molecule has 3 unspecified atom stereocenters. The molecule has 1 saturated heterocycles. The zero-order chi connectivity index (χ0) is 53.7. The maximum Gasteiger partial charge on any atom is 0.481 e. The normalized spacial score (nSPS) is 19.8. The van der Waals surface area contributed by atoms with Gasteiger partial charge in [0, 0.05) is 19.0 Å². The van der Waals surface area contributed by atoms with E-state index < -0.39 is 89.8 Å². The van der Waals surface area contributed by atoms with Crippen molar-refractivity contribution in [2.24, 2.45) is 5.92 Å². The highest BCUT2D eigenvalue weighted by Gasteiger charge is 2.46. The molecule has 418 valence electrons. The van der Waals surface area contributed by atoms with Crippen molar-refractivity contribution in [2.45, 2.75) is 218 Å². The molecule has 0 radical (unpaired) electrons. The van der Waals surface area contributed by atoms with Gasteiger partial charge in [-0.2, -0.15) is 9.29 Å². The summed E-state index contributed by atoms with van der Waals surface area (Å²) in [7, 11) is -10.9. The molecule has 0 spiro atoms. The van der Waals surface area contributed by atoms with E-state index in [4.69, 9.17) is 29.0 Å². The van der Waals surface area contributed by atoms with Gasteiger partial charge in [-0.1, -0.05) is 172 Å². The number of aromatic nitrogens is 2. The first-order chi connectivity index (χ1) is 34.9. The molecule has 21 heteroatoms. The molecule has 1 aromatic heterocycles. The Morgan fingerprint density at radius 1 is 0.767 bits per heavy atom. The van der Waals surface area contributed by atoms with Gasteiger partial charge in [-0.3, -0.25) is 23.2 Å². The molecule has 1 aromatic rings. The van der Waals surface area contributed by atoms with Gasteiger partial charge in [0.15, 0.2) is 12.3 Å². The first-order valence-corrected chi connectivity index (χ1v) is 29.6. The van der Waals surface area contributed by atoms with Crippen LogP contribution in [-0.2, 0) is 46.3 Å². The highest BCUT2D eigenvalue weighted by atomic mass is 31.3. The number of anilines is 1. The molecular formula is C52H89N3O16P2. The van der Waals surface area contributed by atoms with E-state index in [2.05, 4.69) is 42.2 Å². The molecule has 1 aliphatic heterocycles. The highest BCUT2D eigenvalue weighted by molar-refractivity contribution is 7.61. The minimum Gasteiger partial charge on any atom is -0.462 e. The van der Waals surface area contributed by atoms with Crippen LogP contribution in [0.4, 0.5) is 5.82 Å². The number of allylic oxidation sites excluding steroid dienone is 6. The summed E-state index contributed by atoms with van der Waals surface area (Å²) in [6.07, 6.45) is 32.2. The van der Waals surface area contributed by atoms with Crippen molar-refractivity contribution in [1.82, 2.24) is 9.55 Å². The maximum atomic E-state index is 12.9. The molecule has 2 heterocycles. The van der Waals surface area contributed by atoms with Crippen molar-refractivity contribution in [3.8, 4) is 0 Å². The van der Waals surface area contributed by atoms with Gasteiger partial charge >= 0.3 is 33.3 Å². The number of carbonyl (C=O) groups is 2. The summed E-state index contributed by atoms with van der Waals surface area (Å²) in [5.74, 6) is -0.640. The number of carbonyl (C=O) groups excluding carboxylic acids is 2. The van der Waals surface area contributed by atoms with Gasteiger partial charge in [-0.05, 0) is 56.9 Å². The number of hydrogen-bond donors (Lipinski definition) is 6. The second-order valence-corrected chi connectivity index (χ2v) is 22.1. The van der Waals surface area contributed by atoms with E-state index in [-0.39, 0.29) is 18.7 Å². The second-order valence-electron chi connectivity index (χ2n) is 19.1. The van der Waals surface area contributed by atoms with E-state index in [1.807, 2.05) is 18.2 Å². The number of esters is 2. The fourth-order valence-electron chi connectivity index (χ4n) is 7.75. The predicted molar refractivity (Wildman–Crippen MR) is 281 cm³/mol. The molecular weight excluding hydrogens is 985 g/mol. The fourth-order valence-corrected chi connectivity index (χ4v) is 9.86. The molecule has 7 N–H and O–H groups in total. The predicted octanol–water partition coefficient (Wildman–Crippen LogP) is 10.2. The van der Waals surface area contributed by atoms with E-state index >= 15 is 0 Å². The van der Waals surface area contributed by atoms with Gasteiger partial charge < -0.3 is 45.1 Å². The number of nitrogen functional groups attached to an aromatic ring is 1. The molecule has 0 aromatic carbocycles.